The molecule has 0 aliphatic heterocycles. The molecule has 0 saturated heterocycles. The van der Waals surface area contributed by atoms with Crippen molar-refractivity contribution in [1.82, 2.24) is 0 Å². The number of unbranched alkanes of at least 4 members (excludes halogenated alkanes) is 2. The van der Waals surface area contributed by atoms with Crippen LogP contribution in [0.2, 0.25) is 0 Å². The second-order valence-electron chi connectivity index (χ2n) is 25.8. The Labute approximate surface area is 372 Å². The number of aliphatic hydroxyl groups is 3. The lowest BCUT2D eigenvalue weighted by atomic mass is 9.44. The van der Waals surface area contributed by atoms with Gasteiger partial charge < -0.3 is 15.3 Å². The van der Waals surface area contributed by atoms with Gasteiger partial charge in [0, 0.05) is 0 Å². The maximum atomic E-state index is 10.7. The van der Waals surface area contributed by atoms with E-state index in [9.17, 15) is 15.3 Å². The summed E-state index contributed by atoms with van der Waals surface area (Å²) in [5.41, 5.74) is 2.78. The molecule has 3 N–H and O–H groups in total. The third-order valence-corrected chi connectivity index (χ3v) is 22.1. The zero-order valence-electron chi connectivity index (χ0n) is 41.3. The Kier molecular flexibility index (Phi) is 14.9. The largest absolute Gasteiger partial charge is 0.393 e. The summed E-state index contributed by atoms with van der Waals surface area (Å²) in [5, 5.41) is 31.7. The van der Waals surface area contributed by atoms with Crippen molar-refractivity contribution in [3.05, 3.63) is 11.6 Å². The maximum absolute atomic E-state index is 10.7. The summed E-state index contributed by atoms with van der Waals surface area (Å²) in [5.74, 6) is 9.06. The van der Waals surface area contributed by atoms with E-state index in [0.717, 1.165) is 104 Å². The normalized spacial score (nSPS) is 47.2. The van der Waals surface area contributed by atoms with Crippen LogP contribution in [0.1, 0.15) is 249 Å². The minimum atomic E-state index is -0.457. The van der Waals surface area contributed by atoms with E-state index in [1.165, 1.54) is 141 Å². The minimum Gasteiger partial charge on any atom is -0.393 e. The van der Waals surface area contributed by atoms with Crippen molar-refractivity contribution in [2.45, 2.75) is 266 Å². The molecule has 346 valence electrons. The lowest BCUT2D eigenvalue weighted by molar-refractivity contribution is -0.146. The third-order valence-electron chi connectivity index (χ3n) is 22.1. The SMILES string of the molecule is CCCCC(C)CCCC1CCC2C3CC=C4CC(O)CCC4(C)C3CCC12C.CCCC[C@](C)(O)CCCC1CCC2C3CCC4C[C@@](C)(O)CCC4(C)C3CCC12C. The quantitative estimate of drug-likeness (QED) is 0.153. The van der Waals surface area contributed by atoms with Crippen LogP contribution in [-0.4, -0.2) is 32.6 Å². The molecule has 60 heavy (non-hydrogen) atoms. The average Bonchev–Trinajstić information content (AvgIpc) is 3.72. The summed E-state index contributed by atoms with van der Waals surface area (Å²) in [6.45, 7) is 21.7. The Morgan fingerprint density at radius 3 is 1.93 bits per heavy atom. The molecule has 0 aromatic carbocycles. The van der Waals surface area contributed by atoms with Gasteiger partial charge in [-0.1, -0.05) is 111 Å². The first-order valence-corrected chi connectivity index (χ1v) is 27.2. The van der Waals surface area contributed by atoms with Gasteiger partial charge in [0.2, 0.25) is 0 Å². The van der Waals surface area contributed by atoms with E-state index >= 15 is 0 Å². The van der Waals surface area contributed by atoms with Gasteiger partial charge in [-0.05, 0) is 230 Å². The van der Waals surface area contributed by atoms with E-state index in [2.05, 4.69) is 68.4 Å². The highest BCUT2D eigenvalue weighted by Gasteiger charge is 2.61. The molecule has 3 nitrogen and oxygen atoms in total. The van der Waals surface area contributed by atoms with Crippen molar-refractivity contribution in [3.63, 3.8) is 0 Å². The van der Waals surface area contributed by atoms with Gasteiger partial charge in [0.1, 0.15) is 0 Å². The molecule has 0 aromatic rings. The molecular formula is C57H100O3. The Morgan fingerprint density at radius 2 is 1.25 bits per heavy atom. The van der Waals surface area contributed by atoms with E-state index in [0.29, 0.717) is 21.7 Å². The van der Waals surface area contributed by atoms with Crippen molar-refractivity contribution >= 4 is 0 Å². The lowest BCUT2D eigenvalue weighted by Gasteiger charge is -2.62. The highest BCUT2D eigenvalue weighted by atomic mass is 16.3. The van der Waals surface area contributed by atoms with Crippen LogP contribution in [0.4, 0.5) is 0 Å². The number of hydrogen-bond donors (Lipinski definition) is 3. The molecule has 8 aliphatic carbocycles. The van der Waals surface area contributed by atoms with Gasteiger partial charge in [-0.2, -0.15) is 0 Å². The van der Waals surface area contributed by atoms with E-state index in [1.807, 2.05) is 0 Å². The highest BCUT2D eigenvalue weighted by molar-refractivity contribution is 5.25. The molecular weight excluding hydrogens is 733 g/mol. The molecule has 17 atom stereocenters. The number of aliphatic hydroxyl groups excluding tert-OH is 1. The smallest absolute Gasteiger partial charge is 0.0622 e. The molecule has 0 radical (unpaired) electrons. The van der Waals surface area contributed by atoms with Crippen molar-refractivity contribution in [3.8, 4) is 0 Å². The standard InChI is InChI=1S/C29H52O2.C28H48O/c1-6-7-15-26(2,30)16-8-9-21-11-13-24-23-12-10-22-20-27(3,31)18-19-29(22,5)25(23)14-17-28(21,24)4;1-5-6-8-20(2)9-7-10-21-12-14-25-24-13-11-22-19-23(29)15-17-28(22,4)26(24)16-18-27(21,25)3/h21-25,30-31H,6-20H2,1-5H3;11,20-21,23-26,29H,5-10,12-19H2,1-4H3/t21?,22?,23?,24?,25?,26-,27-,28?,29?;/m0./s1. The molecule has 8 rings (SSSR count). The Morgan fingerprint density at radius 1 is 0.650 bits per heavy atom. The van der Waals surface area contributed by atoms with Crippen LogP contribution >= 0.6 is 0 Å². The summed E-state index contributed by atoms with van der Waals surface area (Å²) < 4.78 is 0. The monoisotopic (exact) mass is 833 g/mol. The van der Waals surface area contributed by atoms with Gasteiger partial charge in [0.15, 0.2) is 0 Å². The Bertz CT molecular complexity index is 1430. The highest BCUT2D eigenvalue weighted by Crippen LogP contribution is 2.69. The van der Waals surface area contributed by atoms with Crippen molar-refractivity contribution in [2.75, 3.05) is 0 Å². The Balaban J connectivity index is 0.000000182. The van der Waals surface area contributed by atoms with Gasteiger partial charge in [-0.15, -0.1) is 0 Å². The zero-order chi connectivity index (χ0) is 43.1. The van der Waals surface area contributed by atoms with Crippen molar-refractivity contribution in [2.24, 2.45) is 80.8 Å². The fourth-order valence-electron chi connectivity index (χ4n) is 18.1. The summed E-state index contributed by atoms with van der Waals surface area (Å²) >= 11 is 0. The number of allylic oxidation sites excluding steroid dienone is 1. The molecule has 0 spiro atoms. The van der Waals surface area contributed by atoms with Crippen LogP contribution in [0.5, 0.6) is 0 Å². The minimum absolute atomic E-state index is 0.0738. The van der Waals surface area contributed by atoms with Gasteiger partial charge in [-0.3, -0.25) is 0 Å². The van der Waals surface area contributed by atoms with Crippen molar-refractivity contribution in [1.29, 1.82) is 0 Å². The molecule has 0 bridgehead atoms. The van der Waals surface area contributed by atoms with E-state index in [-0.39, 0.29) is 6.10 Å². The van der Waals surface area contributed by atoms with Crippen molar-refractivity contribution < 1.29 is 15.3 Å². The molecule has 0 amide bonds. The topological polar surface area (TPSA) is 60.7 Å². The number of hydrogen-bond acceptors (Lipinski definition) is 3. The summed E-state index contributed by atoms with van der Waals surface area (Å²) in [7, 11) is 0. The maximum Gasteiger partial charge on any atom is 0.0622 e. The molecule has 0 aromatic heterocycles. The average molecular weight is 833 g/mol. The van der Waals surface area contributed by atoms with Gasteiger partial charge >= 0.3 is 0 Å². The van der Waals surface area contributed by atoms with Gasteiger partial charge in [-0.25, -0.2) is 0 Å². The lowest BCUT2D eigenvalue weighted by Crippen LogP contribution is -2.55. The van der Waals surface area contributed by atoms with Crippen LogP contribution in [0, 0.1) is 80.8 Å². The predicted molar refractivity (Wildman–Crippen MR) is 254 cm³/mol. The number of rotatable bonds is 14. The van der Waals surface area contributed by atoms with Crippen LogP contribution in [-0.2, 0) is 0 Å². The van der Waals surface area contributed by atoms with E-state index < -0.39 is 11.2 Å². The molecule has 3 heteroatoms. The predicted octanol–water partition coefficient (Wildman–Crippen LogP) is 15.4. The van der Waals surface area contributed by atoms with Crippen LogP contribution in [0.3, 0.4) is 0 Å². The van der Waals surface area contributed by atoms with Gasteiger partial charge in [0.05, 0.1) is 17.3 Å². The zero-order valence-corrected chi connectivity index (χ0v) is 41.3. The molecule has 8 aliphatic rings. The second-order valence-corrected chi connectivity index (χ2v) is 25.8. The first kappa shape index (κ1) is 47.6. The van der Waals surface area contributed by atoms with Crippen LogP contribution in [0.25, 0.3) is 0 Å². The molecule has 7 saturated carbocycles. The fourth-order valence-corrected chi connectivity index (χ4v) is 18.1. The summed E-state index contributed by atoms with van der Waals surface area (Å²) in [4.78, 5) is 0. The Hall–Kier alpha value is -0.380. The third kappa shape index (κ3) is 9.48. The van der Waals surface area contributed by atoms with E-state index in [4.69, 9.17) is 0 Å². The first-order chi connectivity index (χ1) is 28.4. The summed E-state index contributed by atoms with van der Waals surface area (Å²) in [6, 6.07) is 0. The van der Waals surface area contributed by atoms with Crippen LogP contribution < -0.4 is 0 Å². The number of fused-ring (bicyclic) bond motifs is 10. The molecule has 0 heterocycles. The first-order valence-electron chi connectivity index (χ1n) is 27.2. The molecule has 7 fully saturated rings. The fraction of sp³-hybridized carbons (Fsp3) is 0.965. The molecule has 15 unspecified atom stereocenters. The summed E-state index contributed by atoms with van der Waals surface area (Å²) in [6.07, 6.45) is 40.2. The van der Waals surface area contributed by atoms with Gasteiger partial charge in [0.25, 0.3) is 0 Å². The van der Waals surface area contributed by atoms with E-state index in [1.54, 1.807) is 5.57 Å². The van der Waals surface area contributed by atoms with Crippen LogP contribution in [0.15, 0.2) is 11.6 Å². The second kappa shape index (κ2) is 18.8.